The van der Waals surface area contributed by atoms with Gasteiger partial charge in [0.25, 0.3) is 0 Å². The average Bonchev–Trinajstić information content (AvgIpc) is 3.59. The van der Waals surface area contributed by atoms with E-state index in [0.29, 0.717) is 23.1 Å². The Morgan fingerprint density at radius 2 is 1.70 bits per heavy atom. The van der Waals surface area contributed by atoms with Gasteiger partial charge in [-0.1, -0.05) is 38.1 Å². The molecule has 3 aromatic carbocycles. The SMILES string of the molecule is [C-]#[N+]c1cc(Oc2ccc3c4ccccc4n(-c4ccc(C(C)C)cn4)c3c2)cc(-c2cc3ncsc3cn2)c1. The zero-order valence-corrected chi connectivity index (χ0v) is 22.7. The normalized spacial score (nSPS) is 11.4. The van der Waals surface area contributed by atoms with Crippen molar-refractivity contribution in [3.63, 3.8) is 0 Å². The average molecular weight is 538 g/mol. The number of pyridine rings is 2. The summed E-state index contributed by atoms with van der Waals surface area (Å²) in [6, 6.07) is 26.1. The fourth-order valence-electron chi connectivity index (χ4n) is 5.04. The molecule has 7 rings (SSSR count). The maximum absolute atomic E-state index is 7.65. The van der Waals surface area contributed by atoms with Crippen molar-refractivity contribution in [2.75, 3.05) is 0 Å². The molecule has 40 heavy (non-hydrogen) atoms. The fourth-order valence-corrected chi connectivity index (χ4v) is 5.67. The van der Waals surface area contributed by atoms with Crippen LogP contribution < -0.4 is 4.74 Å². The van der Waals surface area contributed by atoms with Crippen molar-refractivity contribution in [3.8, 4) is 28.6 Å². The van der Waals surface area contributed by atoms with Gasteiger partial charge >= 0.3 is 0 Å². The molecule has 192 valence electrons. The summed E-state index contributed by atoms with van der Waals surface area (Å²) in [7, 11) is 0. The summed E-state index contributed by atoms with van der Waals surface area (Å²) >= 11 is 1.55. The van der Waals surface area contributed by atoms with E-state index in [0.717, 1.165) is 49.1 Å². The molecule has 6 nitrogen and oxygen atoms in total. The Balaban J connectivity index is 1.33. The van der Waals surface area contributed by atoms with Crippen molar-refractivity contribution >= 4 is 49.0 Å². The van der Waals surface area contributed by atoms with Crippen molar-refractivity contribution in [2.24, 2.45) is 0 Å². The van der Waals surface area contributed by atoms with E-state index in [1.807, 2.05) is 54.3 Å². The van der Waals surface area contributed by atoms with Crippen molar-refractivity contribution in [3.05, 3.63) is 114 Å². The van der Waals surface area contributed by atoms with Gasteiger partial charge in [0, 0.05) is 29.2 Å². The Morgan fingerprint density at radius 1 is 0.825 bits per heavy atom. The molecule has 0 spiro atoms. The molecule has 0 aliphatic carbocycles. The molecule has 0 unspecified atom stereocenters. The minimum Gasteiger partial charge on any atom is -0.459 e. The highest BCUT2D eigenvalue weighted by atomic mass is 32.1. The third kappa shape index (κ3) is 4.15. The minimum absolute atomic E-state index is 0.412. The van der Waals surface area contributed by atoms with Gasteiger partial charge in [0.2, 0.25) is 0 Å². The number of aromatic nitrogens is 4. The van der Waals surface area contributed by atoms with Crippen LogP contribution in [0.4, 0.5) is 5.69 Å². The maximum Gasteiger partial charge on any atom is 0.191 e. The molecule has 0 saturated carbocycles. The fraction of sp³-hybridized carbons (Fsp3) is 0.0909. The number of nitrogens with zero attached hydrogens (tertiary/aromatic N) is 5. The number of hydrogen-bond acceptors (Lipinski definition) is 5. The predicted octanol–water partition coefficient (Wildman–Crippen LogP) is 9.32. The van der Waals surface area contributed by atoms with Crippen LogP contribution in [0.1, 0.15) is 25.3 Å². The lowest BCUT2D eigenvalue weighted by Crippen LogP contribution is -1.99. The molecule has 0 aliphatic rings. The van der Waals surface area contributed by atoms with E-state index in [2.05, 4.69) is 69.6 Å². The lowest BCUT2D eigenvalue weighted by molar-refractivity contribution is 0.484. The van der Waals surface area contributed by atoms with Crippen LogP contribution in [0.3, 0.4) is 0 Å². The van der Waals surface area contributed by atoms with Crippen LogP contribution >= 0.6 is 11.3 Å². The van der Waals surface area contributed by atoms with E-state index < -0.39 is 0 Å². The molecule has 0 atom stereocenters. The zero-order chi connectivity index (χ0) is 27.2. The highest BCUT2D eigenvalue weighted by molar-refractivity contribution is 7.16. The first-order valence-electron chi connectivity index (χ1n) is 13.0. The van der Waals surface area contributed by atoms with Crippen LogP contribution in [0, 0.1) is 6.57 Å². The summed E-state index contributed by atoms with van der Waals surface area (Å²) in [4.78, 5) is 17.5. The molecule has 4 heterocycles. The number of benzene rings is 3. The summed E-state index contributed by atoms with van der Waals surface area (Å²) in [5, 5.41) is 2.27. The Morgan fingerprint density at radius 3 is 2.52 bits per heavy atom. The Hall–Kier alpha value is -5.06. The van der Waals surface area contributed by atoms with Gasteiger partial charge in [-0.3, -0.25) is 9.55 Å². The summed E-state index contributed by atoms with van der Waals surface area (Å²) in [5.74, 6) is 2.51. The zero-order valence-electron chi connectivity index (χ0n) is 21.9. The van der Waals surface area contributed by atoms with E-state index in [4.69, 9.17) is 16.3 Å². The third-order valence-electron chi connectivity index (χ3n) is 7.08. The topological polar surface area (TPSA) is 57.2 Å². The van der Waals surface area contributed by atoms with Gasteiger partial charge < -0.3 is 4.74 Å². The maximum atomic E-state index is 7.65. The van der Waals surface area contributed by atoms with Crippen LogP contribution in [-0.2, 0) is 0 Å². The van der Waals surface area contributed by atoms with E-state index in [-0.39, 0.29) is 0 Å². The third-order valence-corrected chi connectivity index (χ3v) is 7.86. The van der Waals surface area contributed by atoms with Gasteiger partial charge in [0.15, 0.2) is 5.69 Å². The number of thiazole rings is 1. The Bertz CT molecular complexity index is 2080. The molecule has 7 aromatic rings. The molecule has 0 amide bonds. The number of para-hydroxylation sites is 1. The van der Waals surface area contributed by atoms with Gasteiger partial charge in [0.1, 0.15) is 17.3 Å². The van der Waals surface area contributed by atoms with Crippen LogP contribution in [-0.4, -0.2) is 19.5 Å². The molecule has 0 radical (unpaired) electrons. The molecule has 0 aliphatic heterocycles. The number of ether oxygens (including phenoxy) is 1. The van der Waals surface area contributed by atoms with E-state index in [1.165, 1.54) is 5.56 Å². The summed E-state index contributed by atoms with van der Waals surface area (Å²) in [6.07, 6.45) is 3.78. The van der Waals surface area contributed by atoms with Gasteiger partial charge in [-0.15, -0.1) is 11.3 Å². The first kappa shape index (κ1) is 24.0. The largest absolute Gasteiger partial charge is 0.459 e. The van der Waals surface area contributed by atoms with E-state index >= 15 is 0 Å². The lowest BCUT2D eigenvalue weighted by Gasteiger charge is -2.11. The van der Waals surface area contributed by atoms with Crippen LogP contribution in [0.2, 0.25) is 0 Å². The minimum atomic E-state index is 0.412. The van der Waals surface area contributed by atoms with E-state index in [1.54, 1.807) is 17.4 Å². The van der Waals surface area contributed by atoms with E-state index in [9.17, 15) is 0 Å². The highest BCUT2D eigenvalue weighted by Crippen LogP contribution is 2.37. The van der Waals surface area contributed by atoms with Crippen LogP contribution in [0.25, 0.3) is 53.9 Å². The van der Waals surface area contributed by atoms with Crippen molar-refractivity contribution in [1.82, 2.24) is 19.5 Å². The number of rotatable bonds is 5. The summed E-state index contributed by atoms with van der Waals surface area (Å²) < 4.78 is 9.59. The first-order valence-corrected chi connectivity index (χ1v) is 13.8. The highest BCUT2D eigenvalue weighted by Gasteiger charge is 2.15. The summed E-state index contributed by atoms with van der Waals surface area (Å²) in [5.41, 5.74) is 8.03. The summed E-state index contributed by atoms with van der Waals surface area (Å²) in [6.45, 7) is 12.0. The Kier molecular flexibility index (Phi) is 5.76. The molecule has 0 fully saturated rings. The van der Waals surface area contributed by atoms with Gasteiger partial charge in [-0.05, 0) is 65.6 Å². The standard InChI is InChI=1S/C33H23N5OS/c1-20(2)21-8-11-33(36-17-21)38-30-7-5-4-6-26(30)27-10-9-24(15-31(27)38)39-25-13-22(12-23(14-25)34-3)28-16-29-32(18-35-28)40-19-37-29/h4-20H,1-2H3. The first-order chi connectivity index (χ1) is 19.6. The Labute approximate surface area is 235 Å². The smallest absolute Gasteiger partial charge is 0.191 e. The molecule has 4 aromatic heterocycles. The van der Waals surface area contributed by atoms with Gasteiger partial charge in [-0.25, -0.2) is 14.8 Å². The molecular formula is C33H23N5OS. The quantitative estimate of drug-likeness (QED) is 0.205. The van der Waals surface area contributed by atoms with Crippen molar-refractivity contribution < 1.29 is 4.74 Å². The monoisotopic (exact) mass is 537 g/mol. The molecule has 7 heteroatoms. The predicted molar refractivity (Wildman–Crippen MR) is 162 cm³/mol. The number of fused-ring (bicyclic) bond motifs is 4. The molecular weight excluding hydrogens is 514 g/mol. The van der Waals surface area contributed by atoms with Crippen molar-refractivity contribution in [1.29, 1.82) is 0 Å². The van der Waals surface area contributed by atoms with Crippen molar-refractivity contribution in [2.45, 2.75) is 19.8 Å². The second-order valence-corrected chi connectivity index (χ2v) is 10.8. The molecule has 0 bridgehead atoms. The van der Waals surface area contributed by atoms with Gasteiger partial charge in [0.05, 0.1) is 39.0 Å². The molecule has 0 N–H and O–H groups in total. The number of hydrogen-bond donors (Lipinski definition) is 0. The van der Waals surface area contributed by atoms with Crippen LogP contribution in [0.5, 0.6) is 11.5 Å². The van der Waals surface area contributed by atoms with Gasteiger partial charge in [-0.2, -0.15) is 0 Å². The van der Waals surface area contributed by atoms with Crippen LogP contribution in [0.15, 0.2) is 96.8 Å². The second kappa shape index (κ2) is 9.60. The lowest BCUT2D eigenvalue weighted by atomic mass is 10.1. The molecule has 0 saturated heterocycles. The second-order valence-electron chi connectivity index (χ2n) is 9.96.